The van der Waals surface area contributed by atoms with Crippen LogP contribution >= 0.6 is 0 Å². The highest BCUT2D eigenvalue weighted by atomic mass is 19.1. The summed E-state index contributed by atoms with van der Waals surface area (Å²) in [5.41, 5.74) is 5.01. The fourth-order valence-corrected chi connectivity index (χ4v) is 3.90. The molecule has 2 aliphatic rings. The molecular formula is C24H26FNO4. The average molecular weight is 411 g/mol. The Balaban J connectivity index is 1.70. The van der Waals surface area contributed by atoms with Crippen molar-refractivity contribution in [2.45, 2.75) is 62.6 Å². The first-order valence-electron chi connectivity index (χ1n) is 10.5. The minimum Gasteiger partial charge on any atom is -0.481 e. The Morgan fingerprint density at radius 2 is 1.80 bits per heavy atom. The van der Waals surface area contributed by atoms with Crippen LogP contribution in [0.4, 0.5) is 4.39 Å². The third-order valence-electron chi connectivity index (χ3n) is 5.70. The topological polar surface area (TPSA) is 90.7 Å². The fraction of sp³-hybridized carbons (Fsp3) is 0.417. The Morgan fingerprint density at radius 1 is 1.13 bits per heavy atom. The van der Waals surface area contributed by atoms with Gasteiger partial charge in [-0.2, -0.15) is 0 Å². The van der Waals surface area contributed by atoms with Crippen molar-refractivity contribution in [3.8, 4) is 11.1 Å². The Bertz CT molecular complexity index is 948. The second-order valence-corrected chi connectivity index (χ2v) is 8.36. The summed E-state index contributed by atoms with van der Waals surface area (Å²) >= 11 is 0. The van der Waals surface area contributed by atoms with Gasteiger partial charge in [0.1, 0.15) is 5.82 Å². The van der Waals surface area contributed by atoms with Gasteiger partial charge >= 0.3 is 5.97 Å². The summed E-state index contributed by atoms with van der Waals surface area (Å²) in [7, 11) is 0. The van der Waals surface area contributed by atoms with Crippen LogP contribution in [0.3, 0.4) is 0 Å². The van der Waals surface area contributed by atoms with Crippen LogP contribution in [-0.4, -0.2) is 38.5 Å². The highest BCUT2D eigenvalue weighted by molar-refractivity contribution is 5.80. The van der Waals surface area contributed by atoms with Crippen molar-refractivity contribution in [1.29, 1.82) is 0 Å². The molecule has 0 bridgehead atoms. The highest BCUT2D eigenvalue weighted by Crippen LogP contribution is 2.49. The molecule has 1 aromatic carbocycles. The molecule has 0 unspecified atom stereocenters. The molecule has 1 heterocycles. The Kier molecular flexibility index (Phi) is 5.97. The van der Waals surface area contributed by atoms with E-state index in [4.69, 9.17) is 10.1 Å². The van der Waals surface area contributed by atoms with Crippen LogP contribution in [0.2, 0.25) is 0 Å². The van der Waals surface area contributed by atoms with Crippen molar-refractivity contribution in [2.24, 2.45) is 0 Å². The lowest BCUT2D eigenvalue weighted by atomic mass is 9.90. The number of rotatable bonds is 9. The number of aliphatic carboxylic acids is 1. The lowest BCUT2D eigenvalue weighted by Gasteiger charge is -2.17. The molecule has 6 heteroatoms. The molecule has 2 aromatic rings. The van der Waals surface area contributed by atoms with E-state index in [1.54, 1.807) is 18.2 Å². The SMILES string of the molecule is O=C(O)C[C@H](O)C[C@H](O)/C=C/c1c(C2CC2)ncc(C2CC2)c1-c1ccc(F)cc1. The summed E-state index contributed by atoms with van der Waals surface area (Å²) in [5.74, 6) is -0.565. The van der Waals surface area contributed by atoms with Crippen LogP contribution in [0.15, 0.2) is 36.5 Å². The number of pyridine rings is 1. The summed E-state index contributed by atoms with van der Waals surface area (Å²) in [5, 5.41) is 28.9. The first kappa shape index (κ1) is 20.7. The van der Waals surface area contributed by atoms with E-state index in [0.717, 1.165) is 53.6 Å². The van der Waals surface area contributed by atoms with Gasteiger partial charge in [-0.05, 0) is 60.4 Å². The zero-order chi connectivity index (χ0) is 21.3. The minimum atomic E-state index is -1.11. The summed E-state index contributed by atoms with van der Waals surface area (Å²) in [6.07, 6.45) is 7.18. The predicted octanol–water partition coefficient (Wildman–Crippen LogP) is 4.24. The van der Waals surface area contributed by atoms with Crippen LogP contribution in [0.25, 0.3) is 17.2 Å². The standard InChI is InChI=1S/C24H26FNO4/c25-17-7-5-15(6-8-17)23-20(10-9-18(27)11-19(28)12-22(29)30)24(16-3-4-16)26-13-21(23)14-1-2-14/h5-10,13-14,16,18-19,27-28H,1-4,11-12H2,(H,29,30)/b10-9+/t18-,19-/m1/s1. The van der Waals surface area contributed by atoms with Crippen molar-refractivity contribution in [3.63, 3.8) is 0 Å². The van der Waals surface area contributed by atoms with Gasteiger partial charge in [0.25, 0.3) is 0 Å². The van der Waals surface area contributed by atoms with E-state index in [1.165, 1.54) is 12.1 Å². The Labute approximate surface area is 174 Å². The second kappa shape index (κ2) is 8.66. The van der Waals surface area contributed by atoms with Crippen LogP contribution in [0.5, 0.6) is 0 Å². The largest absolute Gasteiger partial charge is 0.481 e. The molecule has 30 heavy (non-hydrogen) atoms. The number of carbonyl (C=O) groups is 1. The van der Waals surface area contributed by atoms with Crippen molar-refractivity contribution in [1.82, 2.24) is 4.98 Å². The molecule has 4 rings (SSSR count). The highest BCUT2D eigenvalue weighted by Gasteiger charge is 2.33. The van der Waals surface area contributed by atoms with Crippen molar-refractivity contribution in [2.75, 3.05) is 0 Å². The third kappa shape index (κ3) is 4.94. The zero-order valence-corrected chi connectivity index (χ0v) is 16.7. The van der Waals surface area contributed by atoms with Gasteiger partial charge in [-0.15, -0.1) is 0 Å². The van der Waals surface area contributed by atoms with Crippen molar-refractivity contribution in [3.05, 3.63) is 59.2 Å². The normalized spacial score (nSPS) is 18.5. The summed E-state index contributed by atoms with van der Waals surface area (Å²) in [4.78, 5) is 15.5. The van der Waals surface area contributed by atoms with Crippen LogP contribution in [0.1, 0.15) is 67.2 Å². The summed E-state index contributed by atoms with van der Waals surface area (Å²) in [6, 6.07) is 6.46. The quantitative estimate of drug-likeness (QED) is 0.574. The van der Waals surface area contributed by atoms with Gasteiger partial charge in [0.2, 0.25) is 0 Å². The molecule has 1 aromatic heterocycles. The molecule has 158 valence electrons. The first-order chi connectivity index (χ1) is 14.4. The molecule has 2 aliphatic carbocycles. The lowest BCUT2D eigenvalue weighted by molar-refractivity contribution is -0.139. The Morgan fingerprint density at radius 3 is 2.40 bits per heavy atom. The van der Waals surface area contributed by atoms with E-state index in [0.29, 0.717) is 11.8 Å². The molecule has 5 nitrogen and oxygen atoms in total. The number of carboxylic acids is 1. The van der Waals surface area contributed by atoms with Gasteiger partial charge in [0, 0.05) is 24.1 Å². The summed E-state index contributed by atoms with van der Waals surface area (Å²) in [6.45, 7) is 0. The van der Waals surface area contributed by atoms with E-state index in [2.05, 4.69) is 0 Å². The number of hydrogen-bond acceptors (Lipinski definition) is 4. The molecule has 2 atom stereocenters. The van der Waals surface area contributed by atoms with Crippen molar-refractivity contribution < 1.29 is 24.5 Å². The summed E-state index contributed by atoms with van der Waals surface area (Å²) < 4.78 is 13.5. The van der Waals surface area contributed by atoms with Crippen LogP contribution in [0, 0.1) is 5.82 Å². The zero-order valence-electron chi connectivity index (χ0n) is 16.7. The number of carboxylic acid groups (broad SMARTS) is 1. The molecule has 0 radical (unpaired) electrons. The molecule has 0 spiro atoms. The molecule has 2 fully saturated rings. The maximum atomic E-state index is 13.5. The van der Waals surface area contributed by atoms with Crippen molar-refractivity contribution >= 4 is 12.0 Å². The maximum Gasteiger partial charge on any atom is 0.305 e. The minimum absolute atomic E-state index is 0.0524. The monoisotopic (exact) mass is 411 g/mol. The van der Waals surface area contributed by atoms with Gasteiger partial charge in [0.15, 0.2) is 0 Å². The van der Waals surface area contributed by atoms with E-state index >= 15 is 0 Å². The number of halogens is 1. The maximum absolute atomic E-state index is 13.5. The molecule has 3 N–H and O–H groups in total. The fourth-order valence-electron chi connectivity index (χ4n) is 3.90. The van der Waals surface area contributed by atoms with E-state index in [1.807, 2.05) is 12.3 Å². The van der Waals surface area contributed by atoms with E-state index < -0.39 is 24.6 Å². The number of aromatic nitrogens is 1. The molecule has 0 amide bonds. The van der Waals surface area contributed by atoms with Gasteiger partial charge in [0.05, 0.1) is 24.3 Å². The number of aliphatic hydroxyl groups is 2. The number of aliphatic hydroxyl groups excluding tert-OH is 2. The van der Waals surface area contributed by atoms with E-state index in [-0.39, 0.29) is 12.2 Å². The van der Waals surface area contributed by atoms with Crippen LogP contribution < -0.4 is 0 Å². The Hall–Kier alpha value is -2.57. The van der Waals surface area contributed by atoms with Gasteiger partial charge in [-0.3, -0.25) is 9.78 Å². The average Bonchev–Trinajstić information content (AvgIpc) is 3.59. The first-order valence-corrected chi connectivity index (χ1v) is 10.5. The predicted molar refractivity (Wildman–Crippen MR) is 111 cm³/mol. The van der Waals surface area contributed by atoms with Gasteiger partial charge in [-0.25, -0.2) is 4.39 Å². The van der Waals surface area contributed by atoms with Crippen LogP contribution in [-0.2, 0) is 4.79 Å². The molecule has 0 aliphatic heterocycles. The molecule has 0 saturated heterocycles. The second-order valence-electron chi connectivity index (χ2n) is 8.36. The number of benzene rings is 1. The van der Waals surface area contributed by atoms with E-state index in [9.17, 15) is 19.4 Å². The lowest BCUT2D eigenvalue weighted by Crippen LogP contribution is -2.19. The molecular weight excluding hydrogens is 385 g/mol. The van der Waals surface area contributed by atoms with Gasteiger partial charge < -0.3 is 15.3 Å². The smallest absolute Gasteiger partial charge is 0.305 e. The number of nitrogens with zero attached hydrogens (tertiary/aromatic N) is 1. The molecule has 2 saturated carbocycles. The van der Waals surface area contributed by atoms with Gasteiger partial charge in [-0.1, -0.05) is 24.3 Å². The number of hydrogen-bond donors (Lipinski definition) is 3. The third-order valence-corrected chi connectivity index (χ3v) is 5.70.